The van der Waals surface area contributed by atoms with E-state index in [9.17, 15) is 9.18 Å². The second-order valence-corrected chi connectivity index (χ2v) is 5.35. The first-order chi connectivity index (χ1) is 9.10. The normalized spacial score (nSPS) is 23.1. The van der Waals surface area contributed by atoms with Gasteiger partial charge in [0.25, 0.3) is 0 Å². The summed E-state index contributed by atoms with van der Waals surface area (Å²) in [7, 11) is 0. The number of amides is 1. The smallest absolute Gasteiger partial charge is 0.240 e. The predicted molar refractivity (Wildman–Crippen MR) is 73.4 cm³/mol. The third-order valence-corrected chi connectivity index (χ3v) is 3.71. The molecule has 1 unspecified atom stereocenters. The van der Waals surface area contributed by atoms with E-state index in [1.54, 1.807) is 6.07 Å². The Morgan fingerprint density at radius 3 is 3.00 bits per heavy atom. The van der Waals surface area contributed by atoms with Crippen LogP contribution in [0.5, 0.6) is 0 Å². The second kappa shape index (κ2) is 6.15. The Kier molecular flexibility index (Phi) is 4.53. The molecule has 0 aliphatic carbocycles. The summed E-state index contributed by atoms with van der Waals surface area (Å²) < 4.78 is 13.0. The molecule has 1 amide bonds. The van der Waals surface area contributed by atoms with Crippen LogP contribution in [-0.2, 0) is 11.2 Å². The predicted octanol–water partition coefficient (Wildman–Crippen LogP) is 2.02. The zero-order valence-electron chi connectivity index (χ0n) is 11.3. The highest BCUT2D eigenvalue weighted by atomic mass is 19.1. The van der Waals surface area contributed by atoms with E-state index < -0.39 is 5.54 Å². The van der Waals surface area contributed by atoms with Crippen LogP contribution in [0, 0.1) is 5.82 Å². The van der Waals surface area contributed by atoms with Crippen LogP contribution in [0.3, 0.4) is 0 Å². The molecule has 3 nitrogen and oxygen atoms in total. The average molecular weight is 264 g/mol. The van der Waals surface area contributed by atoms with Gasteiger partial charge in [0.1, 0.15) is 5.82 Å². The van der Waals surface area contributed by atoms with Gasteiger partial charge in [0.05, 0.1) is 5.54 Å². The quantitative estimate of drug-likeness (QED) is 0.873. The zero-order valence-corrected chi connectivity index (χ0v) is 11.3. The third kappa shape index (κ3) is 3.77. The Balaban J connectivity index is 1.80. The highest BCUT2D eigenvalue weighted by molar-refractivity contribution is 5.85. The second-order valence-electron chi connectivity index (χ2n) is 5.35. The zero-order chi connectivity index (χ0) is 13.7. The van der Waals surface area contributed by atoms with Crippen molar-refractivity contribution in [3.8, 4) is 0 Å². The molecule has 4 heteroatoms. The fourth-order valence-electron chi connectivity index (χ4n) is 2.46. The lowest BCUT2D eigenvalue weighted by molar-refractivity contribution is -0.127. The van der Waals surface area contributed by atoms with Crippen LogP contribution in [0.4, 0.5) is 4.39 Å². The lowest BCUT2D eigenvalue weighted by atomic mass is 9.90. The van der Waals surface area contributed by atoms with Crippen LogP contribution >= 0.6 is 0 Å². The summed E-state index contributed by atoms with van der Waals surface area (Å²) in [5, 5.41) is 6.22. The molecule has 2 N–H and O–H groups in total. The third-order valence-electron chi connectivity index (χ3n) is 3.71. The summed E-state index contributed by atoms with van der Waals surface area (Å²) in [6.07, 6.45) is 3.74. The van der Waals surface area contributed by atoms with E-state index >= 15 is 0 Å². The number of halogens is 1. The molecule has 0 aromatic heterocycles. The topological polar surface area (TPSA) is 41.1 Å². The molecule has 0 saturated carbocycles. The van der Waals surface area contributed by atoms with Gasteiger partial charge in [-0.05, 0) is 56.8 Å². The summed E-state index contributed by atoms with van der Waals surface area (Å²) in [5.74, 6) is -0.187. The number of carbonyl (C=O) groups is 1. The van der Waals surface area contributed by atoms with Crippen LogP contribution in [0.1, 0.15) is 31.7 Å². The van der Waals surface area contributed by atoms with E-state index in [1.807, 2.05) is 13.0 Å². The van der Waals surface area contributed by atoms with E-state index in [2.05, 4.69) is 10.6 Å². The van der Waals surface area contributed by atoms with E-state index in [-0.39, 0.29) is 11.7 Å². The van der Waals surface area contributed by atoms with Gasteiger partial charge in [-0.1, -0.05) is 12.1 Å². The van der Waals surface area contributed by atoms with Gasteiger partial charge in [-0.25, -0.2) is 4.39 Å². The summed E-state index contributed by atoms with van der Waals surface area (Å²) >= 11 is 0. The van der Waals surface area contributed by atoms with E-state index in [1.165, 1.54) is 12.1 Å². The van der Waals surface area contributed by atoms with Gasteiger partial charge in [-0.2, -0.15) is 0 Å². The minimum Gasteiger partial charge on any atom is -0.354 e. The first-order valence-electron chi connectivity index (χ1n) is 6.88. The molecule has 0 spiro atoms. The highest BCUT2D eigenvalue weighted by Gasteiger charge is 2.33. The van der Waals surface area contributed by atoms with E-state index in [0.717, 1.165) is 31.4 Å². The van der Waals surface area contributed by atoms with Gasteiger partial charge in [0, 0.05) is 6.54 Å². The van der Waals surface area contributed by atoms with Gasteiger partial charge in [0.2, 0.25) is 5.91 Å². The number of rotatable bonds is 4. The molecule has 0 bridgehead atoms. The van der Waals surface area contributed by atoms with Gasteiger partial charge in [0.15, 0.2) is 0 Å². The lowest BCUT2D eigenvalue weighted by Crippen LogP contribution is -2.57. The number of nitrogens with one attached hydrogen (secondary N) is 2. The Morgan fingerprint density at radius 1 is 1.47 bits per heavy atom. The molecule has 1 aromatic rings. The van der Waals surface area contributed by atoms with E-state index in [0.29, 0.717) is 13.0 Å². The monoisotopic (exact) mass is 264 g/mol. The molecule has 104 valence electrons. The Bertz CT molecular complexity index is 442. The molecule has 1 saturated heterocycles. The molecule has 19 heavy (non-hydrogen) atoms. The van der Waals surface area contributed by atoms with Crippen LogP contribution in [0.2, 0.25) is 0 Å². The Labute approximate surface area is 113 Å². The molecule has 1 atom stereocenters. The minimum atomic E-state index is -0.444. The largest absolute Gasteiger partial charge is 0.354 e. The van der Waals surface area contributed by atoms with Crippen molar-refractivity contribution in [2.75, 3.05) is 13.1 Å². The maximum Gasteiger partial charge on any atom is 0.240 e. The first kappa shape index (κ1) is 14.0. The van der Waals surface area contributed by atoms with Crippen molar-refractivity contribution in [1.82, 2.24) is 10.6 Å². The number of carbonyl (C=O) groups excluding carboxylic acids is 1. The van der Waals surface area contributed by atoms with E-state index in [4.69, 9.17) is 0 Å². The van der Waals surface area contributed by atoms with Crippen LogP contribution in [-0.4, -0.2) is 24.5 Å². The number of benzene rings is 1. The number of piperidine rings is 1. The van der Waals surface area contributed by atoms with Crippen molar-refractivity contribution >= 4 is 5.91 Å². The molecule has 2 rings (SSSR count). The van der Waals surface area contributed by atoms with Crippen LogP contribution in [0.15, 0.2) is 24.3 Å². The van der Waals surface area contributed by atoms with Gasteiger partial charge in [-0.3, -0.25) is 4.79 Å². The van der Waals surface area contributed by atoms with Crippen molar-refractivity contribution in [3.05, 3.63) is 35.6 Å². The van der Waals surface area contributed by atoms with Gasteiger partial charge < -0.3 is 10.6 Å². The summed E-state index contributed by atoms with van der Waals surface area (Å²) in [6.45, 7) is 3.39. The molecule has 1 aromatic carbocycles. The summed E-state index contributed by atoms with van der Waals surface area (Å²) in [4.78, 5) is 12.1. The maximum atomic E-state index is 13.0. The van der Waals surface area contributed by atoms with Crippen LogP contribution in [0.25, 0.3) is 0 Å². The van der Waals surface area contributed by atoms with Crippen molar-refractivity contribution in [2.45, 2.75) is 38.1 Å². The van der Waals surface area contributed by atoms with Crippen molar-refractivity contribution in [2.24, 2.45) is 0 Å². The Hall–Kier alpha value is -1.42. The first-order valence-corrected chi connectivity index (χ1v) is 6.88. The molecular weight excluding hydrogens is 243 g/mol. The van der Waals surface area contributed by atoms with Gasteiger partial charge in [-0.15, -0.1) is 0 Å². The minimum absolute atomic E-state index is 0.0450. The summed E-state index contributed by atoms with van der Waals surface area (Å²) in [6, 6.07) is 6.49. The van der Waals surface area contributed by atoms with Crippen LogP contribution < -0.4 is 10.6 Å². The maximum absolute atomic E-state index is 13.0. The Morgan fingerprint density at radius 2 is 2.32 bits per heavy atom. The highest BCUT2D eigenvalue weighted by Crippen LogP contribution is 2.18. The molecule has 1 aliphatic heterocycles. The standard InChI is InChI=1S/C15H21FN2O/c1-15(8-2-3-9-18-15)14(19)17-10-7-12-5-4-6-13(16)11-12/h4-6,11,18H,2-3,7-10H2,1H3,(H,17,19). The fraction of sp³-hybridized carbons (Fsp3) is 0.533. The van der Waals surface area contributed by atoms with Crippen molar-refractivity contribution in [3.63, 3.8) is 0 Å². The van der Waals surface area contributed by atoms with Crippen molar-refractivity contribution in [1.29, 1.82) is 0 Å². The SMILES string of the molecule is CC1(C(=O)NCCc2cccc(F)c2)CCCCN1. The molecule has 1 aliphatic rings. The summed E-state index contributed by atoms with van der Waals surface area (Å²) in [5.41, 5.74) is 0.460. The molecule has 1 heterocycles. The van der Waals surface area contributed by atoms with Gasteiger partial charge >= 0.3 is 0 Å². The average Bonchev–Trinajstić information content (AvgIpc) is 2.39. The number of hydrogen-bond donors (Lipinski definition) is 2. The van der Waals surface area contributed by atoms with Crippen molar-refractivity contribution < 1.29 is 9.18 Å². The molecule has 1 fully saturated rings. The lowest BCUT2D eigenvalue weighted by Gasteiger charge is -2.33. The molecular formula is C15H21FN2O. The fourth-order valence-corrected chi connectivity index (χ4v) is 2.46. The number of hydrogen-bond acceptors (Lipinski definition) is 2. The molecule has 0 radical (unpaired) electrons.